The van der Waals surface area contributed by atoms with E-state index in [1.54, 1.807) is 6.20 Å². The molecule has 4 rings (SSSR count). The summed E-state index contributed by atoms with van der Waals surface area (Å²) in [4.78, 5) is 21.8. The molecular formula is C26H23N3O. The molecule has 0 aliphatic rings. The minimum absolute atomic E-state index is 0.123. The molecule has 0 aliphatic carbocycles. The molecule has 1 N–H and O–H groups in total. The van der Waals surface area contributed by atoms with Gasteiger partial charge in [0, 0.05) is 35.8 Å². The Balaban J connectivity index is 1.67. The number of rotatable bonds is 5. The molecule has 0 fully saturated rings. The van der Waals surface area contributed by atoms with Crippen molar-refractivity contribution in [2.75, 3.05) is 0 Å². The summed E-state index contributed by atoms with van der Waals surface area (Å²) in [5, 5.41) is 3.00. The summed E-state index contributed by atoms with van der Waals surface area (Å²) in [6, 6.07) is 23.9. The fraction of sp³-hybridized carbons (Fsp3) is 0.115. The molecule has 2 heterocycles. The van der Waals surface area contributed by atoms with Gasteiger partial charge in [0.15, 0.2) is 0 Å². The minimum Gasteiger partial charge on any atom is -0.348 e. The topological polar surface area (TPSA) is 54.9 Å². The van der Waals surface area contributed by atoms with E-state index in [9.17, 15) is 4.79 Å². The first-order valence-electron chi connectivity index (χ1n) is 9.92. The van der Waals surface area contributed by atoms with Crippen LogP contribution >= 0.6 is 0 Å². The first-order chi connectivity index (χ1) is 14.6. The SMILES string of the molecule is Cc1ccc(-c2cc(C(=O)NCc3ccc(C)nc3)cc(-c3ccccc3)c2)nc1. The number of carbonyl (C=O) groups excluding carboxylic acids is 1. The highest BCUT2D eigenvalue weighted by atomic mass is 16.1. The van der Waals surface area contributed by atoms with E-state index < -0.39 is 0 Å². The second-order valence-corrected chi connectivity index (χ2v) is 7.38. The van der Waals surface area contributed by atoms with Gasteiger partial charge in [0.2, 0.25) is 0 Å². The van der Waals surface area contributed by atoms with Crippen LogP contribution < -0.4 is 5.32 Å². The Morgan fingerprint density at radius 1 is 0.800 bits per heavy atom. The third-order valence-electron chi connectivity index (χ3n) is 4.94. The van der Waals surface area contributed by atoms with E-state index in [0.717, 1.165) is 39.2 Å². The molecule has 2 aromatic carbocycles. The van der Waals surface area contributed by atoms with Crippen LogP contribution in [-0.4, -0.2) is 15.9 Å². The number of benzene rings is 2. The Hall–Kier alpha value is -3.79. The Labute approximate surface area is 176 Å². The molecule has 4 aromatic rings. The molecule has 1 amide bonds. The average molecular weight is 393 g/mol. The maximum Gasteiger partial charge on any atom is 0.251 e. The molecule has 4 nitrogen and oxygen atoms in total. The van der Waals surface area contributed by atoms with Crippen LogP contribution in [0.2, 0.25) is 0 Å². The number of pyridine rings is 2. The standard InChI is InChI=1S/C26H23N3O/c1-18-8-11-25(28-15-18)23-12-22(21-6-4-3-5-7-21)13-24(14-23)26(30)29-17-20-10-9-19(2)27-16-20/h3-16H,17H2,1-2H3,(H,29,30). The number of amides is 1. The lowest BCUT2D eigenvalue weighted by atomic mass is 9.97. The van der Waals surface area contributed by atoms with E-state index in [0.29, 0.717) is 12.1 Å². The number of hydrogen-bond donors (Lipinski definition) is 1. The van der Waals surface area contributed by atoms with E-state index in [-0.39, 0.29) is 5.91 Å². The number of nitrogens with one attached hydrogen (secondary N) is 1. The highest BCUT2D eigenvalue weighted by Gasteiger charge is 2.12. The number of aromatic nitrogens is 2. The molecule has 0 saturated carbocycles. The lowest BCUT2D eigenvalue weighted by Crippen LogP contribution is -2.23. The summed E-state index contributed by atoms with van der Waals surface area (Å²) in [6.07, 6.45) is 3.63. The molecule has 2 aromatic heterocycles. The Kier molecular flexibility index (Phi) is 5.66. The average Bonchev–Trinajstić information content (AvgIpc) is 2.79. The van der Waals surface area contributed by atoms with E-state index in [1.165, 1.54) is 0 Å². The smallest absolute Gasteiger partial charge is 0.251 e. The summed E-state index contributed by atoms with van der Waals surface area (Å²) >= 11 is 0. The van der Waals surface area contributed by atoms with Crippen molar-refractivity contribution < 1.29 is 4.79 Å². The first-order valence-corrected chi connectivity index (χ1v) is 9.92. The van der Waals surface area contributed by atoms with Crippen molar-refractivity contribution in [3.8, 4) is 22.4 Å². The zero-order chi connectivity index (χ0) is 20.9. The van der Waals surface area contributed by atoms with Gasteiger partial charge in [-0.3, -0.25) is 14.8 Å². The minimum atomic E-state index is -0.123. The van der Waals surface area contributed by atoms with Gasteiger partial charge < -0.3 is 5.32 Å². The van der Waals surface area contributed by atoms with E-state index in [2.05, 4.69) is 21.4 Å². The molecule has 0 saturated heterocycles. The lowest BCUT2D eigenvalue weighted by Gasteiger charge is -2.11. The zero-order valence-corrected chi connectivity index (χ0v) is 17.1. The summed E-state index contributed by atoms with van der Waals surface area (Å²) in [5.41, 5.74) is 7.43. The largest absolute Gasteiger partial charge is 0.348 e. The van der Waals surface area contributed by atoms with Crippen LogP contribution in [0.5, 0.6) is 0 Å². The van der Waals surface area contributed by atoms with Crippen LogP contribution in [0.25, 0.3) is 22.4 Å². The van der Waals surface area contributed by atoms with Gasteiger partial charge in [-0.25, -0.2) is 0 Å². The monoisotopic (exact) mass is 393 g/mol. The van der Waals surface area contributed by atoms with E-state index in [4.69, 9.17) is 0 Å². The third kappa shape index (κ3) is 4.61. The second-order valence-electron chi connectivity index (χ2n) is 7.38. The fourth-order valence-corrected chi connectivity index (χ4v) is 3.23. The second kappa shape index (κ2) is 8.70. The van der Waals surface area contributed by atoms with E-state index >= 15 is 0 Å². The maximum absolute atomic E-state index is 13.0. The maximum atomic E-state index is 13.0. The number of hydrogen-bond acceptors (Lipinski definition) is 3. The molecule has 0 aliphatic heterocycles. The highest BCUT2D eigenvalue weighted by molar-refractivity contribution is 5.97. The van der Waals surface area contributed by atoms with Gasteiger partial charge in [0.1, 0.15) is 0 Å². The lowest BCUT2D eigenvalue weighted by molar-refractivity contribution is 0.0951. The first kappa shape index (κ1) is 19.5. The van der Waals surface area contributed by atoms with Crippen molar-refractivity contribution in [1.82, 2.24) is 15.3 Å². The van der Waals surface area contributed by atoms with Gasteiger partial charge >= 0.3 is 0 Å². The predicted octanol–water partition coefficient (Wildman–Crippen LogP) is 5.36. The van der Waals surface area contributed by atoms with Crippen LogP contribution in [0, 0.1) is 13.8 Å². The molecule has 0 unspecified atom stereocenters. The van der Waals surface area contributed by atoms with Gasteiger partial charge in [-0.15, -0.1) is 0 Å². The highest BCUT2D eigenvalue weighted by Crippen LogP contribution is 2.27. The van der Waals surface area contributed by atoms with Gasteiger partial charge in [-0.2, -0.15) is 0 Å². The van der Waals surface area contributed by atoms with Crippen molar-refractivity contribution >= 4 is 5.91 Å². The number of carbonyl (C=O) groups is 1. The third-order valence-corrected chi connectivity index (χ3v) is 4.94. The van der Waals surface area contributed by atoms with Crippen LogP contribution in [0.1, 0.15) is 27.2 Å². The fourth-order valence-electron chi connectivity index (χ4n) is 3.23. The number of nitrogens with zero attached hydrogens (tertiary/aromatic N) is 2. The normalized spacial score (nSPS) is 10.6. The van der Waals surface area contributed by atoms with Gasteiger partial charge in [0.25, 0.3) is 5.91 Å². The van der Waals surface area contributed by atoms with Gasteiger partial charge in [0.05, 0.1) is 5.69 Å². The molecule has 0 radical (unpaired) electrons. The summed E-state index contributed by atoms with van der Waals surface area (Å²) in [5.74, 6) is -0.123. The van der Waals surface area contributed by atoms with Crippen molar-refractivity contribution in [1.29, 1.82) is 0 Å². The summed E-state index contributed by atoms with van der Waals surface area (Å²) in [6.45, 7) is 4.38. The predicted molar refractivity (Wildman–Crippen MR) is 120 cm³/mol. The van der Waals surface area contributed by atoms with Crippen LogP contribution in [0.4, 0.5) is 0 Å². The molecule has 0 bridgehead atoms. The molecule has 30 heavy (non-hydrogen) atoms. The molecule has 0 atom stereocenters. The van der Waals surface area contributed by atoms with Crippen LogP contribution in [0.15, 0.2) is 85.2 Å². The Morgan fingerprint density at radius 2 is 1.60 bits per heavy atom. The van der Waals surface area contributed by atoms with Crippen molar-refractivity contribution in [3.63, 3.8) is 0 Å². The van der Waals surface area contributed by atoms with Crippen LogP contribution in [-0.2, 0) is 6.54 Å². The molecular weight excluding hydrogens is 370 g/mol. The van der Waals surface area contributed by atoms with Gasteiger partial charge in [-0.05, 0) is 66.4 Å². The Bertz CT molecular complexity index is 1150. The molecule has 0 spiro atoms. The quantitative estimate of drug-likeness (QED) is 0.497. The number of aryl methyl sites for hydroxylation is 2. The molecule has 148 valence electrons. The summed E-state index contributed by atoms with van der Waals surface area (Å²) in [7, 11) is 0. The van der Waals surface area contributed by atoms with Gasteiger partial charge in [-0.1, -0.05) is 42.5 Å². The Morgan fingerprint density at radius 3 is 2.30 bits per heavy atom. The zero-order valence-electron chi connectivity index (χ0n) is 17.1. The van der Waals surface area contributed by atoms with Crippen LogP contribution in [0.3, 0.4) is 0 Å². The van der Waals surface area contributed by atoms with Crippen molar-refractivity contribution in [2.45, 2.75) is 20.4 Å². The summed E-state index contributed by atoms with van der Waals surface area (Å²) < 4.78 is 0. The van der Waals surface area contributed by atoms with E-state index in [1.807, 2.05) is 86.8 Å². The van der Waals surface area contributed by atoms with Crippen molar-refractivity contribution in [3.05, 3.63) is 108 Å². The van der Waals surface area contributed by atoms with Crippen molar-refractivity contribution in [2.24, 2.45) is 0 Å². The molecule has 4 heteroatoms.